The molecular formula is C15H20FNO2S. The number of carbonyl (C=O) groups excluding carboxylic acids is 1. The van der Waals surface area contributed by atoms with E-state index in [4.69, 9.17) is 10.5 Å². The fraction of sp³-hybridized carbons (Fsp3) is 0.533. The van der Waals surface area contributed by atoms with Crippen LogP contribution < -0.4 is 5.73 Å². The van der Waals surface area contributed by atoms with E-state index in [1.165, 1.54) is 19.2 Å². The molecule has 0 spiro atoms. The number of carbonyl (C=O) groups is 1. The zero-order valence-corrected chi connectivity index (χ0v) is 12.4. The summed E-state index contributed by atoms with van der Waals surface area (Å²) in [7, 11) is 1.42. The number of ether oxygens (including phenoxy) is 1. The molecule has 2 N–H and O–H groups in total. The van der Waals surface area contributed by atoms with E-state index in [-0.39, 0.29) is 23.2 Å². The van der Waals surface area contributed by atoms with Crippen LogP contribution in [0.3, 0.4) is 0 Å². The number of methoxy groups -OCH3 is 1. The lowest BCUT2D eigenvalue weighted by Gasteiger charge is -2.16. The van der Waals surface area contributed by atoms with Crippen LogP contribution in [0.25, 0.3) is 0 Å². The molecule has 0 radical (unpaired) electrons. The highest BCUT2D eigenvalue weighted by molar-refractivity contribution is 7.99. The normalized spacial score (nSPS) is 17.6. The smallest absolute Gasteiger partial charge is 0.306 e. The summed E-state index contributed by atoms with van der Waals surface area (Å²) in [5, 5.41) is 0. The van der Waals surface area contributed by atoms with Gasteiger partial charge in [-0.25, -0.2) is 4.39 Å². The van der Waals surface area contributed by atoms with Crippen molar-refractivity contribution in [2.24, 2.45) is 11.1 Å². The average Bonchev–Trinajstić information content (AvgIpc) is 3.18. The molecule has 5 heteroatoms. The second-order valence-corrected chi connectivity index (χ2v) is 6.46. The van der Waals surface area contributed by atoms with Gasteiger partial charge in [-0.05, 0) is 41.7 Å². The summed E-state index contributed by atoms with van der Waals surface area (Å²) in [4.78, 5) is 11.3. The van der Waals surface area contributed by atoms with Gasteiger partial charge in [-0.1, -0.05) is 12.1 Å². The van der Waals surface area contributed by atoms with E-state index in [9.17, 15) is 9.18 Å². The Balaban J connectivity index is 1.77. The molecule has 0 bridgehead atoms. The van der Waals surface area contributed by atoms with Gasteiger partial charge in [0.15, 0.2) is 0 Å². The Bertz CT molecular complexity index is 477. The van der Waals surface area contributed by atoms with Crippen LogP contribution in [0.4, 0.5) is 4.39 Å². The van der Waals surface area contributed by atoms with Crippen LogP contribution in [0.15, 0.2) is 24.3 Å². The average molecular weight is 297 g/mol. The Morgan fingerprint density at radius 2 is 2.30 bits per heavy atom. The molecular weight excluding hydrogens is 277 g/mol. The first-order valence-electron chi connectivity index (χ1n) is 6.70. The Morgan fingerprint density at radius 1 is 1.55 bits per heavy atom. The van der Waals surface area contributed by atoms with Crippen molar-refractivity contribution in [2.75, 3.05) is 18.6 Å². The standard InChI is InChI=1S/C15H20FNO2S/c1-19-14(18)8-15(5-6-15)10-20-9-13(17)11-3-2-4-12(16)7-11/h2-4,7,13H,5-6,8-10,17H2,1H3. The molecule has 0 saturated heterocycles. The van der Waals surface area contributed by atoms with Gasteiger partial charge in [0.05, 0.1) is 13.5 Å². The zero-order valence-electron chi connectivity index (χ0n) is 11.6. The van der Waals surface area contributed by atoms with Crippen LogP contribution >= 0.6 is 11.8 Å². The maximum atomic E-state index is 13.1. The number of hydrogen-bond acceptors (Lipinski definition) is 4. The number of halogens is 1. The summed E-state index contributed by atoms with van der Waals surface area (Å²) in [5.41, 5.74) is 6.99. The van der Waals surface area contributed by atoms with Crippen LogP contribution in [0.2, 0.25) is 0 Å². The van der Waals surface area contributed by atoms with E-state index in [0.29, 0.717) is 6.42 Å². The number of rotatable bonds is 7. The molecule has 20 heavy (non-hydrogen) atoms. The third kappa shape index (κ3) is 4.21. The Labute approximate surface area is 123 Å². The van der Waals surface area contributed by atoms with Gasteiger partial charge in [0.25, 0.3) is 0 Å². The first kappa shape index (κ1) is 15.3. The SMILES string of the molecule is COC(=O)CC1(CSCC(N)c2cccc(F)c2)CC1. The van der Waals surface area contributed by atoms with Crippen LogP contribution in [0.5, 0.6) is 0 Å². The van der Waals surface area contributed by atoms with Crippen molar-refractivity contribution in [3.05, 3.63) is 35.6 Å². The summed E-state index contributed by atoms with van der Waals surface area (Å²) in [5.74, 6) is 1.24. The lowest BCUT2D eigenvalue weighted by atomic mass is 10.1. The molecule has 3 nitrogen and oxygen atoms in total. The molecule has 1 aliphatic carbocycles. The van der Waals surface area contributed by atoms with Gasteiger partial charge >= 0.3 is 5.97 Å². The number of benzene rings is 1. The predicted octanol–water partition coefficient (Wildman–Crippen LogP) is 2.90. The third-order valence-electron chi connectivity index (χ3n) is 3.69. The highest BCUT2D eigenvalue weighted by Crippen LogP contribution is 2.51. The largest absolute Gasteiger partial charge is 0.469 e. The molecule has 0 amide bonds. The maximum Gasteiger partial charge on any atom is 0.306 e. The van der Waals surface area contributed by atoms with Gasteiger partial charge in [0.2, 0.25) is 0 Å². The molecule has 0 heterocycles. The predicted molar refractivity (Wildman–Crippen MR) is 79.0 cm³/mol. The highest BCUT2D eigenvalue weighted by atomic mass is 32.2. The molecule has 0 aliphatic heterocycles. The van der Waals surface area contributed by atoms with Crippen molar-refractivity contribution < 1.29 is 13.9 Å². The molecule has 1 aromatic carbocycles. The van der Waals surface area contributed by atoms with E-state index in [1.807, 2.05) is 6.07 Å². The Kier molecular flexibility index (Phi) is 5.05. The molecule has 1 fully saturated rings. The number of hydrogen-bond donors (Lipinski definition) is 1. The van der Waals surface area contributed by atoms with E-state index >= 15 is 0 Å². The minimum Gasteiger partial charge on any atom is -0.469 e. The van der Waals surface area contributed by atoms with Crippen LogP contribution in [0.1, 0.15) is 30.9 Å². The highest BCUT2D eigenvalue weighted by Gasteiger charge is 2.44. The maximum absolute atomic E-state index is 13.1. The van der Waals surface area contributed by atoms with Crippen molar-refractivity contribution >= 4 is 17.7 Å². The molecule has 1 aliphatic rings. The summed E-state index contributed by atoms with van der Waals surface area (Å²) in [6.45, 7) is 0. The van der Waals surface area contributed by atoms with Crippen molar-refractivity contribution in [3.63, 3.8) is 0 Å². The lowest BCUT2D eigenvalue weighted by molar-refractivity contribution is -0.141. The first-order valence-corrected chi connectivity index (χ1v) is 7.86. The van der Waals surface area contributed by atoms with Gasteiger partial charge in [0.1, 0.15) is 5.82 Å². The van der Waals surface area contributed by atoms with Gasteiger partial charge < -0.3 is 10.5 Å². The number of nitrogens with two attached hydrogens (primary N) is 1. The summed E-state index contributed by atoms with van der Waals surface area (Å²) in [6.07, 6.45) is 2.64. The third-order valence-corrected chi connectivity index (χ3v) is 5.10. The summed E-state index contributed by atoms with van der Waals surface area (Å²) < 4.78 is 17.8. The summed E-state index contributed by atoms with van der Waals surface area (Å²) in [6, 6.07) is 6.24. The van der Waals surface area contributed by atoms with Gasteiger partial charge in [0, 0.05) is 11.8 Å². The minimum absolute atomic E-state index is 0.111. The van der Waals surface area contributed by atoms with Crippen LogP contribution in [-0.2, 0) is 9.53 Å². The van der Waals surface area contributed by atoms with E-state index in [1.54, 1.807) is 17.8 Å². The quantitative estimate of drug-likeness (QED) is 0.786. The second kappa shape index (κ2) is 6.59. The van der Waals surface area contributed by atoms with Gasteiger partial charge in [-0.3, -0.25) is 4.79 Å². The molecule has 0 aromatic heterocycles. The van der Waals surface area contributed by atoms with Crippen molar-refractivity contribution in [3.8, 4) is 0 Å². The first-order chi connectivity index (χ1) is 9.54. The van der Waals surface area contributed by atoms with Crippen molar-refractivity contribution in [1.29, 1.82) is 0 Å². The second-order valence-electron chi connectivity index (χ2n) is 5.43. The molecule has 1 unspecified atom stereocenters. The van der Waals surface area contributed by atoms with E-state index in [0.717, 1.165) is 29.9 Å². The zero-order chi connectivity index (χ0) is 14.6. The number of thioether (sulfide) groups is 1. The molecule has 1 atom stereocenters. The fourth-order valence-corrected chi connectivity index (χ4v) is 3.55. The van der Waals surface area contributed by atoms with Crippen LogP contribution in [-0.4, -0.2) is 24.6 Å². The van der Waals surface area contributed by atoms with E-state index < -0.39 is 0 Å². The Morgan fingerprint density at radius 3 is 2.90 bits per heavy atom. The molecule has 110 valence electrons. The van der Waals surface area contributed by atoms with Crippen molar-refractivity contribution in [2.45, 2.75) is 25.3 Å². The van der Waals surface area contributed by atoms with Crippen molar-refractivity contribution in [1.82, 2.24) is 0 Å². The topological polar surface area (TPSA) is 52.3 Å². The number of esters is 1. The molecule has 2 rings (SSSR count). The van der Waals surface area contributed by atoms with Gasteiger partial charge in [-0.2, -0.15) is 11.8 Å². The monoisotopic (exact) mass is 297 g/mol. The van der Waals surface area contributed by atoms with Crippen LogP contribution in [0, 0.1) is 11.2 Å². The lowest BCUT2D eigenvalue weighted by Crippen LogP contribution is -2.17. The fourth-order valence-electron chi connectivity index (χ4n) is 2.16. The summed E-state index contributed by atoms with van der Waals surface area (Å²) >= 11 is 1.73. The van der Waals surface area contributed by atoms with E-state index in [2.05, 4.69) is 0 Å². The van der Waals surface area contributed by atoms with Gasteiger partial charge in [-0.15, -0.1) is 0 Å². The Hall–Kier alpha value is -1.07. The molecule has 1 aromatic rings. The molecule has 1 saturated carbocycles. The minimum atomic E-state index is -0.257.